The van der Waals surface area contributed by atoms with Crippen molar-refractivity contribution in [3.63, 3.8) is 0 Å². The van der Waals surface area contributed by atoms with Gasteiger partial charge in [-0.1, -0.05) is 18.2 Å². The molecule has 0 N–H and O–H groups in total. The van der Waals surface area contributed by atoms with Crippen LogP contribution >= 0.6 is 11.3 Å². The van der Waals surface area contributed by atoms with E-state index in [1.807, 2.05) is 30.6 Å². The molecule has 0 bridgehead atoms. The summed E-state index contributed by atoms with van der Waals surface area (Å²) in [5, 5.41) is 2.81. The van der Waals surface area contributed by atoms with Gasteiger partial charge in [0.05, 0.1) is 28.3 Å². The number of rotatable bonds is 6. The highest BCUT2D eigenvalue weighted by atomic mass is 32.1. The molecule has 0 amide bonds. The Morgan fingerprint density at radius 2 is 1.80 bits per heavy atom. The largest absolute Gasteiger partial charge is 0.416 e. The van der Waals surface area contributed by atoms with Crippen LogP contribution in [0.15, 0.2) is 46.8 Å². The number of aromatic nitrogens is 1. The van der Waals surface area contributed by atoms with Gasteiger partial charge in [0, 0.05) is 31.0 Å². The van der Waals surface area contributed by atoms with Crippen LogP contribution in [0.3, 0.4) is 0 Å². The maximum absolute atomic E-state index is 12.7. The molecule has 7 heteroatoms. The number of halogens is 3. The Morgan fingerprint density at radius 1 is 1.10 bits per heavy atom. The Kier molecular flexibility index (Phi) is 6.61. The number of thiazole rings is 1. The number of benzene rings is 2. The van der Waals surface area contributed by atoms with Crippen molar-refractivity contribution >= 4 is 23.4 Å². The standard InChI is InChI=1S/C23H24F3N3S/c1-5-29(4)14-27-20-11-15(2)18(10-16(20)3)12-22-28-21(13-30-22)17-6-8-19(9-7-17)23(24,25)26/h6-11,13-14H,5,12H2,1-4H3. The molecule has 2 aromatic carbocycles. The number of hydrogen-bond acceptors (Lipinski definition) is 3. The van der Waals surface area contributed by atoms with E-state index in [2.05, 4.69) is 36.0 Å². The van der Waals surface area contributed by atoms with Gasteiger partial charge in [0.25, 0.3) is 0 Å². The molecule has 1 aromatic heterocycles. The third-order valence-corrected chi connectivity index (χ3v) is 5.80. The lowest BCUT2D eigenvalue weighted by atomic mass is 10.0. The minimum Gasteiger partial charge on any atom is -0.366 e. The summed E-state index contributed by atoms with van der Waals surface area (Å²) in [4.78, 5) is 11.2. The third-order valence-electron chi connectivity index (χ3n) is 4.95. The van der Waals surface area contributed by atoms with Crippen molar-refractivity contribution in [1.82, 2.24) is 9.88 Å². The zero-order chi connectivity index (χ0) is 21.9. The van der Waals surface area contributed by atoms with Crippen LogP contribution in [-0.4, -0.2) is 29.8 Å². The Labute approximate surface area is 178 Å². The fourth-order valence-corrected chi connectivity index (χ4v) is 3.78. The molecule has 0 radical (unpaired) electrons. The van der Waals surface area contributed by atoms with Gasteiger partial charge in [0.15, 0.2) is 0 Å². The maximum atomic E-state index is 12.7. The van der Waals surface area contributed by atoms with Crippen molar-refractivity contribution in [2.45, 2.75) is 33.4 Å². The van der Waals surface area contributed by atoms with Gasteiger partial charge in [0.2, 0.25) is 0 Å². The number of aliphatic imine (C=N–C) groups is 1. The van der Waals surface area contributed by atoms with Crippen LogP contribution in [0.4, 0.5) is 18.9 Å². The van der Waals surface area contributed by atoms with E-state index in [1.54, 1.807) is 0 Å². The van der Waals surface area contributed by atoms with Gasteiger partial charge < -0.3 is 4.90 Å². The van der Waals surface area contributed by atoms with Gasteiger partial charge in [-0.3, -0.25) is 0 Å². The van der Waals surface area contributed by atoms with Crippen LogP contribution in [0.25, 0.3) is 11.3 Å². The molecule has 1 heterocycles. The molecule has 0 saturated heterocycles. The normalized spacial score (nSPS) is 12.0. The topological polar surface area (TPSA) is 28.5 Å². The molecule has 3 aromatic rings. The molecular formula is C23H24F3N3S. The summed E-state index contributed by atoms with van der Waals surface area (Å²) >= 11 is 1.52. The Hall–Kier alpha value is -2.67. The fourth-order valence-electron chi connectivity index (χ4n) is 2.95. The molecule has 0 aliphatic rings. The van der Waals surface area contributed by atoms with E-state index in [9.17, 15) is 13.2 Å². The summed E-state index contributed by atoms with van der Waals surface area (Å²) in [7, 11) is 1.98. The van der Waals surface area contributed by atoms with Gasteiger partial charge in [-0.05, 0) is 55.7 Å². The van der Waals surface area contributed by atoms with Gasteiger partial charge in [-0.2, -0.15) is 13.2 Å². The quantitative estimate of drug-likeness (QED) is 0.323. The smallest absolute Gasteiger partial charge is 0.366 e. The van der Waals surface area contributed by atoms with E-state index in [-0.39, 0.29) is 0 Å². The van der Waals surface area contributed by atoms with Crippen LogP contribution in [-0.2, 0) is 12.6 Å². The summed E-state index contributed by atoms with van der Waals surface area (Å²) in [6.07, 6.45) is -1.82. The number of hydrogen-bond donors (Lipinski definition) is 0. The molecule has 0 saturated carbocycles. The molecule has 3 nitrogen and oxygen atoms in total. The molecule has 0 aliphatic heterocycles. The first-order chi connectivity index (χ1) is 14.2. The molecule has 158 valence electrons. The van der Waals surface area contributed by atoms with E-state index in [0.29, 0.717) is 17.7 Å². The number of aryl methyl sites for hydroxylation is 2. The van der Waals surface area contributed by atoms with Crippen LogP contribution in [0.5, 0.6) is 0 Å². The van der Waals surface area contributed by atoms with E-state index in [0.717, 1.165) is 40.5 Å². The maximum Gasteiger partial charge on any atom is 0.416 e. The minimum atomic E-state index is -4.33. The lowest BCUT2D eigenvalue weighted by Crippen LogP contribution is -2.14. The highest BCUT2D eigenvalue weighted by molar-refractivity contribution is 7.10. The first kappa shape index (κ1) is 22.0. The first-order valence-electron chi connectivity index (χ1n) is 9.64. The summed E-state index contributed by atoms with van der Waals surface area (Å²) in [5.41, 5.74) is 5.07. The van der Waals surface area contributed by atoms with E-state index < -0.39 is 11.7 Å². The minimum absolute atomic E-state index is 0.652. The molecule has 0 aliphatic carbocycles. The van der Waals surface area contributed by atoms with Gasteiger partial charge in [-0.25, -0.2) is 9.98 Å². The fraction of sp³-hybridized carbons (Fsp3) is 0.304. The van der Waals surface area contributed by atoms with Crippen molar-refractivity contribution in [2.24, 2.45) is 4.99 Å². The van der Waals surface area contributed by atoms with Crippen molar-refractivity contribution in [1.29, 1.82) is 0 Å². The predicted octanol–water partition coefficient (Wildman–Crippen LogP) is 6.65. The third kappa shape index (κ3) is 5.27. The predicted molar refractivity (Wildman–Crippen MR) is 118 cm³/mol. The van der Waals surface area contributed by atoms with Crippen LogP contribution < -0.4 is 0 Å². The second-order valence-electron chi connectivity index (χ2n) is 7.26. The van der Waals surface area contributed by atoms with Crippen LogP contribution in [0.1, 0.15) is 34.2 Å². The lowest BCUT2D eigenvalue weighted by Gasteiger charge is -2.11. The molecular weight excluding hydrogens is 407 g/mol. The lowest BCUT2D eigenvalue weighted by molar-refractivity contribution is -0.137. The van der Waals surface area contributed by atoms with Gasteiger partial charge in [-0.15, -0.1) is 11.3 Å². The van der Waals surface area contributed by atoms with Gasteiger partial charge in [0.1, 0.15) is 0 Å². The second-order valence-corrected chi connectivity index (χ2v) is 8.20. The first-order valence-corrected chi connectivity index (χ1v) is 10.5. The summed E-state index contributed by atoms with van der Waals surface area (Å²) < 4.78 is 38.2. The van der Waals surface area contributed by atoms with Crippen molar-refractivity contribution in [2.75, 3.05) is 13.6 Å². The van der Waals surface area contributed by atoms with Crippen molar-refractivity contribution < 1.29 is 13.2 Å². The molecule has 3 rings (SSSR count). The zero-order valence-corrected chi connectivity index (χ0v) is 18.2. The molecule has 0 atom stereocenters. The Morgan fingerprint density at radius 3 is 2.43 bits per heavy atom. The SMILES string of the molecule is CCN(C)C=Nc1cc(C)c(Cc2nc(-c3ccc(C(F)(F)F)cc3)cs2)cc1C. The van der Waals surface area contributed by atoms with Crippen LogP contribution in [0, 0.1) is 13.8 Å². The Bertz CT molecular complexity index is 1040. The molecule has 0 unspecified atom stereocenters. The monoisotopic (exact) mass is 431 g/mol. The van der Waals surface area contributed by atoms with Crippen molar-refractivity contribution in [3.05, 3.63) is 69.0 Å². The highest BCUT2D eigenvalue weighted by Gasteiger charge is 2.30. The van der Waals surface area contributed by atoms with E-state index in [1.165, 1.54) is 29.0 Å². The van der Waals surface area contributed by atoms with Gasteiger partial charge >= 0.3 is 6.18 Å². The summed E-state index contributed by atoms with van der Waals surface area (Å²) in [6.45, 7) is 7.06. The van der Waals surface area contributed by atoms with Crippen molar-refractivity contribution in [3.8, 4) is 11.3 Å². The molecule has 0 fully saturated rings. The number of nitrogens with zero attached hydrogens (tertiary/aromatic N) is 3. The summed E-state index contributed by atoms with van der Waals surface area (Å²) in [5.74, 6) is 0. The zero-order valence-electron chi connectivity index (χ0n) is 17.4. The van der Waals surface area contributed by atoms with Crippen LogP contribution in [0.2, 0.25) is 0 Å². The molecule has 30 heavy (non-hydrogen) atoms. The Balaban J connectivity index is 1.77. The second kappa shape index (κ2) is 9.00. The average Bonchev–Trinajstić information content (AvgIpc) is 3.17. The number of alkyl halides is 3. The van der Waals surface area contributed by atoms with E-state index >= 15 is 0 Å². The molecule has 0 spiro atoms. The summed E-state index contributed by atoms with van der Waals surface area (Å²) in [6, 6.07) is 9.34. The average molecular weight is 432 g/mol. The van der Waals surface area contributed by atoms with E-state index in [4.69, 9.17) is 0 Å². The highest BCUT2D eigenvalue weighted by Crippen LogP contribution is 2.32.